The summed E-state index contributed by atoms with van der Waals surface area (Å²) in [5, 5.41) is 0. The Balaban J connectivity index is 1.99. The second kappa shape index (κ2) is 6.89. The van der Waals surface area contributed by atoms with Crippen LogP contribution >= 0.6 is 0 Å². The fourth-order valence-electron chi connectivity index (χ4n) is 3.85. The molecule has 29 heavy (non-hydrogen) atoms. The standard InChI is InChI=1S/C19H23N7O3/c1-11-5-4-6-13(7-11)24-8-12(2)9-25-15-16(21-18(24)25)23(3)19(29)26(17(15)28)10-14(27)22-20/h4-7,12H,8-10,20H2,1-3H3,(H,22,27)/t12-/m1/s1. The van der Waals surface area contributed by atoms with Crippen LogP contribution in [-0.2, 0) is 24.9 Å². The molecule has 0 unspecified atom stereocenters. The normalized spacial score (nSPS) is 16.1. The van der Waals surface area contributed by atoms with Gasteiger partial charge in [-0.25, -0.2) is 15.2 Å². The Kier molecular flexibility index (Phi) is 4.50. The van der Waals surface area contributed by atoms with Crippen LogP contribution in [0.15, 0.2) is 33.9 Å². The van der Waals surface area contributed by atoms with E-state index in [1.165, 1.54) is 4.57 Å². The molecule has 10 heteroatoms. The Morgan fingerprint density at radius 1 is 1.31 bits per heavy atom. The first kappa shape index (κ1) is 18.9. The highest BCUT2D eigenvalue weighted by molar-refractivity contribution is 5.78. The Labute approximate surface area is 166 Å². The van der Waals surface area contributed by atoms with Gasteiger partial charge in [0, 0.05) is 25.8 Å². The van der Waals surface area contributed by atoms with E-state index in [0.29, 0.717) is 23.7 Å². The fourth-order valence-corrected chi connectivity index (χ4v) is 3.85. The van der Waals surface area contributed by atoms with Gasteiger partial charge in [-0.2, -0.15) is 4.98 Å². The van der Waals surface area contributed by atoms with Crippen LogP contribution in [0.1, 0.15) is 12.5 Å². The third-order valence-corrected chi connectivity index (χ3v) is 5.22. The van der Waals surface area contributed by atoms with Crippen molar-refractivity contribution in [2.24, 2.45) is 18.8 Å². The van der Waals surface area contributed by atoms with Crippen molar-refractivity contribution in [3.8, 4) is 0 Å². The zero-order valence-corrected chi connectivity index (χ0v) is 16.5. The number of hydrazine groups is 1. The van der Waals surface area contributed by atoms with Gasteiger partial charge >= 0.3 is 5.69 Å². The van der Waals surface area contributed by atoms with E-state index in [1.807, 2.05) is 35.1 Å². The van der Waals surface area contributed by atoms with E-state index in [0.717, 1.165) is 22.4 Å². The molecule has 1 atom stereocenters. The second-order valence-electron chi connectivity index (χ2n) is 7.55. The minimum absolute atomic E-state index is 0.248. The lowest BCUT2D eigenvalue weighted by atomic mass is 10.1. The molecule has 4 rings (SSSR count). The molecule has 0 saturated heterocycles. The van der Waals surface area contributed by atoms with Crippen LogP contribution in [0.2, 0.25) is 0 Å². The van der Waals surface area contributed by atoms with Crippen molar-refractivity contribution < 1.29 is 4.79 Å². The Hall–Kier alpha value is -3.40. The SMILES string of the molecule is Cc1cccc(N2C[C@@H](C)Cn3c2nc2c3c(=O)n(CC(=O)NN)c(=O)n2C)c1. The molecule has 2 aromatic heterocycles. The van der Waals surface area contributed by atoms with Crippen molar-refractivity contribution in [3.63, 3.8) is 0 Å². The number of anilines is 2. The molecule has 0 aliphatic carbocycles. The van der Waals surface area contributed by atoms with E-state index in [-0.39, 0.29) is 5.92 Å². The smallest absolute Gasteiger partial charge is 0.312 e. The van der Waals surface area contributed by atoms with Crippen molar-refractivity contribution in [1.29, 1.82) is 0 Å². The molecular formula is C19H23N7O3. The third kappa shape index (κ3) is 3.01. The second-order valence-corrected chi connectivity index (χ2v) is 7.55. The molecule has 3 heterocycles. The first-order valence-corrected chi connectivity index (χ1v) is 9.35. The van der Waals surface area contributed by atoms with Crippen LogP contribution in [0.5, 0.6) is 0 Å². The molecule has 1 amide bonds. The van der Waals surface area contributed by atoms with E-state index < -0.39 is 23.7 Å². The molecule has 1 aromatic carbocycles. The maximum atomic E-state index is 13.1. The number of nitrogens with two attached hydrogens (primary N) is 1. The number of hydrogen-bond acceptors (Lipinski definition) is 6. The first-order valence-electron chi connectivity index (χ1n) is 9.35. The lowest BCUT2D eigenvalue weighted by molar-refractivity contribution is -0.121. The summed E-state index contributed by atoms with van der Waals surface area (Å²) in [6, 6.07) is 8.05. The summed E-state index contributed by atoms with van der Waals surface area (Å²) in [5.74, 6) is 5.35. The predicted molar refractivity (Wildman–Crippen MR) is 109 cm³/mol. The molecule has 3 aromatic rings. The number of nitrogens with zero attached hydrogens (tertiary/aromatic N) is 5. The van der Waals surface area contributed by atoms with Gasteiger partial charge in [-0.3, -0.25) is 19.6 Å². The van der Waals surface area contributed by atoms with E-state index in [1.54, 1.807) is 7.05 Å². The van der Waals surface area contributed by atoms with Gasteiger partial charge in [0.1, 0.15) is 6.54 Å². The van der Waals surface area contributed by atoms with E-state index >= 15 is 0 Å². The topological polar surface area (TPSA) is 120 Å². The van der Waals surface area contributed by atoms with E-state index in [4.69, 9.17) is 5.84 Å². The molecule has 152 valence electrons. The molecule has 0 bridgehead atoms. The molecule has 3 N–H and O–H groups in total. The first-order chi connectivity index (χ1) is 13.8. The number of hydrogen-bond donors (Lipinski definition) is 2. The lowest BCUT2D eigenvalue weighted by Gasteiger charge is -2.33. The number of rotatable bonds is 3. The summed E-state index contributed by atoms with van der Waals surface area (Å²) in [4.78, 5) is 44.2. The molecule has 1 aliphatic heterocycles. The van der Waals surface area contributed by atoms with E-state index in [2.05, 4.69) is 22.9 Å². The molecule has 0 saturated carbocycles. The number of benzene rings is 1. The quantitative estimate of drug-likeness (QED) is 0.364. The number of imidazole rings is 1. The molecule has 10 nitrogen and oxygen atoms in total. The highest BCUT2D eigenvalue weighted by Gasteiger charge is 2.30. The number of amides is 1. The van der Waals surface area contributed by atoms with Crippen LogP contribution in [0, 0.1) is 12.8 Å². The number of carbonyl (C=O) groups excluding carboxylic acids is 1. The number of carbonyl (C=O) groups is 1. The van der Waals surface area contributed by atoms with Crippen LogP contribution in [0.3, 0.4) is 0 Å². The third-order valence-electron chi connectivity index (χ3n) is 5.22. The zero-order valence-electron chi connectivity index (χ0n) is 16.5. The van der Waals surface area contributed by atoms with Gasteiger partial charge in [-0.15, -0.1) is 0 Å². The van der Waals surface area contributed by atoms with Gasteiger partial charge in [0.05, 0.1) is 0 Å². The fraction of sp³-hybridized carbons (Fsp3) is 0.368. The molecule has 0 fully saturated rings. The van der Waals surface area contributed by atoms with Crippen LogP contribution in [-0.4, -0.2) is 31.1 Å². The summed E-state index contributed by atoms with van der Waals surface area (Å²) in [6.45, 7) is 5.00. The largest absolute Gasteiger partial charge is 0.332 e. The Bertz CT molecular complexity index is 1240. The van der Waals surface area contributed by atoms with Gasteiger partial charge in [0.15, 0.2) is 11.2 Å². The number of aryl methyl sites for hydroxylation is 2. The Morgan fingerprint density at radius 2 is 2.07 bits per heavy atom. The highest BCUT2D eigenvalue weighted by Crippen LogP contribution is 2.33. The van der Waals surface area contributed by atoms with Crippen molar-refractivity contribution in [2.75, 3.05) is 11.4 Å². The van der Waals surface area contributed by atoms with E-state index in [9.17, 15) is 14.4 Å². The molecular weight excluding hydrogens is 374 g/mol. The highest BCUT2D eigenvalue weighted by atomic mass is 16.2. The summed E-state index contributed by atoms with van der Waals surface area (Å²) < 4.78 is 4.02. The van der Waals surface area contributed by atoms with Gasteiger partial charge in [-0.1, -0.05) is 19.1 Å². The van der Waals surface area contributed by atoms with Crippen LogP contribution in [0.25, 0.3) is 11.2 Å². The van der Waals surface area contributed by atoms with Crippen molar-refractivity contribution in [2.45, 2.75) is 26.9 Å². The van der Waals surface area contributed by atoms with Crippen LogP contribution in [0.4, 0.5) is 11.6 Å². The minimum atomic E-state index is -0.628. The average molecular weight is 397 g/mol. The lowest BCUT2D eigenvalue weighted by Crippen LogP contribution is -2.45. The zero-order chi connectivity index (χ0) is 20.9. The van der Waals surface area contributed by atoms with Gasteiger partial charge in [0.25, 0.3) is 11.5 Å². The van der Waals surface area contributed by atoms with Gasteiger partial charge in [0.2, 0.25) is 5.95 Å². The van der Waals surface area contributed by atoms with Crippen molar-refractivity contribution >= 4 is 28.7 Å². The number of fused-ring (bicyclic) bond motifs is 3. The maximum Gasteiger partial charge on any atom is 0.332 e. The number of aromatic nitrogens is 4. The molecule has 0 spiro atoms. The van der Waals surface area contributed by atoms with Gasteiger partial charge < -0.3 is 9.47 Å². The maximum absolute atomic E-state index is 13.1. The Morgan fingerprint density at radius 3 is 2.76 bits per heavy atom. The summed E-state index contributed by atoms with van der Waals surface area (Å²) >= 11 is 0. The van der Waals surface area contributed by atoms with Crippen molar-refractivity contribution in [3.05, 3.63) is 50.7 Å². The monoisotopic (exact) mass is 397 g/mol. The average Bonchev–Trinajstić information content (AvgIpc) is 3.08. The minimum Gasteiger partial charge on any atom is -0.312 e. The molecule has 0 radical (unpaired) electrons. The van der Waals surface area contributed by atoms with Gasteiger partial charge in [-0.05, 0) is 30.5 Å². The summed E-state index contributed by atoms with van der Waals surface area (Å²) in [6.07, 6.45) is 0. The van der Waals surface area contributed by atoms with Crippen LogP contribution < -0.4 is 27.4 Å². The van der Waals surface area contributed by atoms with Crippen molar-refractivity contribution in [1.82, 2.24) is 24.1 Å². The molecule has 1 aliphatic rings. The summed E-state index contributed by atoms with van der Waals surface area (Å²) in [7, 11) is 1.54. The predicted octanol–water partition coefficient (Wildman–Crippen LogP) is -0.0172. The number of nitrogens with one attached hydrogen (secondary N) is 1. The summed E-state index contributed by atoms with van der Waals surface area (Å²) in [5.41, 5.74) is 3.48.